The van der Waals surface area contributed by atoms with Gasteiger partial charge >= 0.3 is 0 Å². The van der Waals surface area contributed by atoms with Crippen molar-refractivity contribution < 1.29 is 9.53 Å². The van der Waals surface area contributed by atoms with E-state index >= 15 is 0 Å². The zero-order valence-corrected chi connectivity index (χ0v) is 14.8. The first kappa shape index (κ1) is 17.6. The molecule has 0 spiro atoms. The van der Waals surface area contributed by atoms with E-state index in [0.717, 1.165) is 24.2 Å². The highest BCUT2D eigenvalue weighted by Gasteiger charge is 2.26. The second-order valence-corrected chi connectivity index (χ2v) is 6.69. The first-order chi connectivity index (χ1) is 12.0. The summed E-state index contributed by atoms with van der Waals surface area (Å²) >= 11 is 0. The van der Waals surface area contributed by atoms with E-state index in [4.69, 9.17) is 4.74 Å². The molecule has 1 fully saturated rings. The molecule has 2 aromatic rings. The molecule has 0 radical (unpaired) electrons. The fourth-order valence-electron chi connectivity index (χ4n) is 3.26. The van der Waals surface area contributed by atoms with Crippen molar-refractivity contribution in [2.24, 2.45) is 0 Å². The molecule has 1 aliphatic heterocycles. The van der Waals surface area contributed by atoms with Crippen LogP contribution in [-0.4, -0.2) is 45.0 Å². The van der Waals surface area contributed by atoms with Gasteiger partial charge in [-0.1, -0.05) is 0 Å². The number of hydrogen-bond donors (Lipinski definition) is 2. The lowest BCUT2D eigenvalue weighted by Gasteiger charge is -2.34. The van der Waals surface area contributed by atoms with Gasteiger partial charge in [0.15, 0.2) is 0 Å². The SMILES string of the molecule is CC1CC(NC(C)C(=O)Nc2ccc(-n3cncn3)cc2)CC(C)O1. The van der Waals surface area contributed by atoms with Gasteiger partial charge in [-0.25, -0.2) is 9.67 Å². The van der Waals surface area contributed by atoms with Gasteiger partial charge in [0, 0.05) is 11.7 Å². The van der Waals surface area contributed by atoms with E-state index in [-0.39, 0.29) is 24.2 Å². The van der Waals surface area contributed by atoms with Crippen LogP contribution < -0.4 is 10.6 Å². The number of hydrogen-bond acceptors (Lipinski definition) is 5. The Morgan fingerprint density at radius 3 is 2.52 bits per heavy atom. The molecule has 1 saturated heterocycles. The number of ether oxygens (including phenoxy) is 1. The summed E-state index contributed by atoms with van der Waals surface area (Å²) in [7, 11) is 0. The topological polar surface area (TPSA) is 81.1 Å². The molecule has 0 aliphatic carbocycles. The third-order valence-corrected chi connectivity index (χ3v) is 4.39. The maximum Gasteiger partial charge on any atom is 0.241 e. The van der Waals surface area contributed by atoms with Crippen LogP contribution in [0.5, 0.6) is 0 Å². The summed E-state index contributed by atoms with van der Waals surface area (Å²) < 4.78 is 7.41. The first-order valence-electron chi connectivity index (χ1n) is 8.68. The maximum atomic E-state index is 12.4. The van der Waals surface area contributed by atoms with Gasteiger partial charge in [0.25, 0.3) is 0 Å². The van der Waals surface area contributed by atoms with Gasteiger partial charge in [-0.2, -0.15) is 5.10 Å². The lowest BCUT2D eigenvalue weighted by Crippen LogP contribution is -2.48. The lowest BCUT2D eigenvalue weighted by atomic mass is 9.99. The highest BCUT2D eigenvalue weighted by Crippen LogP contribution is 2.19. The van der Waals surface area contributed by atoms with Crippen LogP contribution in [0, 0.1) is 0 Å². The lowest BCUT2D eigenvalue weighted by molar-refractivity contribution is -0.118. The average Bonchev–Trinajstić information content (AvgIpc) is 3.09. The number of anilines is 1. The second kappa shape index (κ2) is 7.76. The molecule has 0 bridgehead atoms. The van der Waals surface area contributed by atoms with Gasteiger partial charge in [-0.15, -0.1) is 0 Å². The van der Waals surface area contributed by atoms with Gasteiger partial charge in [-0.05, 0) is 57.9 Å². The van der Waals surface area contributed by atoms with Gasteiger partial charge in [0.1, 0.15) is 12.7 Å². The minimum atomic E-state index is -0.266. The summed E-state index contributed by atoms with van der Waals surface area (Å²) in [6.07, 6.45) is 5.42. The first-order valence-corrected chi connectivity index (χ1v) is 8.68. The fourth-order valence-corrected chi connectivity index (χ4v) is 3.26. The van der Waals surface area contributed by atoms with Gasteiger partial charge in [0.05, 0.1) is 23.9 Å². The van der Waals surface area contributed by atoms with Crippen molar-refractivity contribution in [1.29, 1.82) is 0 Å². The summed E-state index contributed by atoms with van der Waals surface area (Å²) in [6, 6.07) is 7.54. The third kappa shape index (κ3) is 4.64. The Kier molecular flexibility index (Phi) is 5.45. The Balaban J connectivity index is 1.54. The maximum absolute atomic E-state index is 12.4. The molecule has 1 amide bonds. The molecule has 3 rings (SSSR count). The Hall–Kier alpha value is -2.25. The summed E-state index contributed by atoms with van der Waals surface area (Å²) in [5.74, 6) is -0.0414. The fraction of sp³-hybridized carbons (Fsp3) is 0.500. The van der Waals surface area contributed by atoms with E-state index in [1.165, 1.54) is 6.33 Å². The van der Waals surface area contributed by atoms with Crippen LogP contribution in [0.15, 0.2) is 36.9 Å². The number of aromatic nitrogens is 3. The standard InChI is InChI=1S/C18H25N5O2/c1-12-8-16(9-13(2)25-12)21-14(3)18(24)22-15-4-6-17(7-5-15)23-11-19-10-20-23/h4-7,10-14,16,21H,8-9H2,1-3H3,(H,22,24). The van der Waals surface area contributed by atoms with Crippen LogP contribution in [0.25, 0.3) is 5.69 Å². The van der Waals surface area contributed by atoms with Crippen molar-refractivity contribution in [3.63, 3.8) is 0 Å². The zero-order valence-electron chi connectivity index (χ0n) is 14.8. The van der Waals surface area contributed by atoms with E-state index in [2.05, 4.69) is 34.6 Å². The number of amides is 1. The highest BCUT2D eigenvalue weighted by molar-refractivity contribution is 5.94. The van der Waals surface area contributed by atoms with Crippen molar-refractivity contribution in [3.05, 3.63) is 36.9 Å². The van der Waals surface area contributed by atoms with E-state index in [1.54, 1.807) is 11.0 Å². The molecule has 2 heterocycles. The van der Waals surface area contributed by atoms with E-state index in [1.807, 2.05) is 31.2 Å². The van der Waals surface area contributed by atoms with Crippen LogP contribution in [0.3, 0.4) is 0 Å². The summed E-state index contributed by atoms with van der Waals surface area (Å²) in [5.41, 5.74) is 1.66. The Morgan fingerprint density at radius 2 is 1.92 bits per heavy atom. The van der Waals surface area contributed by atoms with Gasteiger partial charge in [-0.3, -0.25) is 4.79 Å². The molecule has 2 N–H and O–H groups in total. The zero-order chi connectivity index (χ0) is 17.8. The molecule has 7 heteroatoms. The van der Waals surface area contributed by atoms with Crippen molar-refractivity contribution >= 4 is 11.6 Å². The monoisotopic (exact) mass is 343 g/mol. The van der Waals surface area contributed by atoms with Crippen LogP contribution in [0.1, 0.15) is 33.6 Å². The molecule has 134 valence electrons. The van der Waals surface area contributed by atoms with Crippen LogP contribution in [0.4, 0.5) is 5.69 Å². The normalized spacial score (nSPS) is 24.7. The molecule has 3 atom stereocenters. The molecule has 1 aromatic carbocycles. The van der Waals surface area contributed by atoms with Crippen LogP contribution in [0.2, 0.25) is 0 Å². The number of rotatable bonds is 5. The van der Waals surface area contributed by atoms with Crippen molar-refractivity contribution in [1.82, 2.24) is 20.1 Å². The molecule has 0 saturated carbocycles. The molecular weight excluding hydrogens is 318 g/mol. The minimum Gasteiger partial charge on any atom is -0.375 e. The third-order valence-electron chi connectivity index (χ3n) is 4.39. The number of carbonyl (C=O) groups is 1. The minimum absolute atomic E-state index is 0.0414. The highest BCUT2D eigenvalue weighted by atomic mass is 16.5. The Bertz CT molecular complexity index is 676. The predicted octanol–water partition coefficient (Wildman–Crippen LogP) is 2.14. The number of nitrogens with zero attached hydrogens (tertiary/aromatic N) is 3. The van der Waals surface area contributed by atoms with Crippen LogP contribution in [-0.2, 0) is 9.53 Å². The summed E-state index contributed by atoms with van der Waals surface area (Å²) in [4.78, 5) is 16.4. The quantitative estimate of drug-likeness (QED) is 0.869. The molecule has 25 heavy (non-hydrogen) atoms. The largest absolute Gasteiger partial charge is 0.375 e. The molecule has 7 nitrogen and oxygen atoms in total. The van der Waals surface area contributed by atoms with E-state index in [9.17, 15) is 4.79 Å². The van der Waals surface area contributed by atoms with Gasteiger partial charge < -0.3 is 15.4 Å². The average molecular weight is 343 g/mol. The Morgan fingerprint density at radius 1 is 1.24 bits per heavy atom. The molecule has 3 unspecified atom stereocenters. The van der Waals surface area contributed by atoms with Crippen molar-refractivity contribution in [2.75, 3.05) is 5.32 Å². The second-order valence-electron chi connectivity index (χ2n) is 6.69. The Labute approximate surface area is 147 Å². The van der Waals surface area contributed by atoms with Crippen LogP contribution >= 0.6 is 0 Å². The molecule has 1 aliphatic rings. The number of nitrogens with one attached hydrogen (secondary N) is 2. The predicted molar refractivity (Wildman–Crippen MR) is 95.6 cm³/mol. The smallest absolute Gasteiger partial charge is 0.241 e. The van der Waals surface area contributed by atoms with Gasteiger partial charge in [0.2, 0.25) is 5.91 Å². The van der Waals surface area contributed by atoms with Crippen molar-refractivity contribution in [2.45, 2.75) is 57.9 Å². The van der Waals surface area contributed by atoms with E-state index in [0.29, 0.717) is 6.04 Å². The summed E-state index contributed by atoms with van der Waals surface area (Å²) in [5, 5.41) is 10.4. The molecule has 1 aromatic heterocycles. The summed E-state index contributed by atoms with van der Waals surface area (Å²) in [6.45, 7) is 6.04. The number of benzene rings is 1. The number of carbonyl (C=O) groups excluding carboxylic acids is 1. The molecular formula is C18H25N5O2. The van der Waals surface area contributed by atoms with Crippen molar-refractivity contribution in [3.8, 4) is 5.69 Å². The van der Waals surface area contributed by atoms with E-state index < -0.39 is 0 Å².